The Morgan fingerprint density at radius 2 is 1.38 bits per heavy atom. The Bertz CT molecular complexity index is 1770. The Morgan fingerprint density at radius 1 is 0.718 bits per heavy atom. The van der Waals surface area contributed by atoms with Gasteiger partial charge in [-0.25, -0.2) is 0 Å². The highest BCUT2D eigenvalue weighted by molar-refractivity contribution is 7.26. The van der Waals surface area contributed by atoms with Crippen molar-refractivity contribution in [2.24, 2.45) is 0 Å². The van der Waals surface area contributed by atoms with Crippen LogP contribution < -0.4 is 0 Å². The van der Waals surface area contributed by atoms with Gasteiger partial charge in [0.15, 0.2) is 0 Å². The van der Waals surface area contributed by atoms with Crippen LogP contribution in [0.15, 0.2) is 54.7 Å². The number of pyridine rings is 1. The van der Waals surface area contributed by atoms with Gasteiger partial charge in [-0.1, -0.05) is 99.6 Å². The lowest BCUT2D eigenvalue weighted by molar-refractivity contribution is 0.334. The molecule has 2 heteroatoms. The molecule has 3 aromatic carbocycles. The first-order chi connectivity index (χ1) is 18.1. The fourth-order valence-electron chi connectivity index (χ4n) is 6.83. The van der Waals surface area contributed by atoms with Crippen LogP contribution >= 0.6 is 11.3 Å². The van der Waals surface area contributed by atoms with Gasteiger partial charge in [-0.15, -0.1) is 11.3 Å². The molecule has 0 saturated carbocycles. The number of thiophene rings is 1. The summed E-state index contributed by atoms with van der Waals surface area (Å²) in [7, 11) is 0. The van der Waals surface area contributed by atoms with E-state index in [0.29, 0.717) is 0 Å². The second-order valence-corrected chi connectivity index (χ2v) is 16.2. The van der Waals surface area contributed by atoms with Crippen LogP contribution in [0.1, 0.15) is 104 Å². The number of rotatable bonds is 1. The molecule has 202 valence electrons. The Hall–Kier alpha value is -2.71. The second-order valence-electron chi connectivity index (χ2n) is 15.2. The maximum absolute atomic E-state index is 5.08. The molecule has 6 rings (SSSR count). The second kappa shape index (κ2) is 8.40. The zero-order chi connectivity index (χ0) is 28.1. The molecule has 0 atom stereocenters. The van der Waals surface area contributed by atoms with Crippen molar-refractivity contribution in [3.63, 3.8) is 0 Å². The van der Waals surface area contributed by atoms with Crippen LogP contribution in [0, 0.1) is 0 Å². The number of aromatic nitrogens is 1. The molecule has 0 unspecified atom stereocenters. The lowest BCUT2D eigenvalue weighted by atomic mass is 9.62. The number of benzene rings is 3. The minimum Gasteiger partial charge on any atom is -0.255 e. The molecular weight excluding hydrogens is 490 g/mol. The molecule has 1 aliphatic carbocycles. The summed E-state index contributed by atoms with van der Waals surface area (Å²) < 4.78 is 2.80. The zero-order valence-corrected chi connectivity index (χ0v) is 26.3. The highest BCUT2D eigenvalue weighted by Crippen LogP contribution is 2.54. The van der Waals surface area contributed by atoms with Crippen molar-refractivity contribution in [3.8, 4) is 11.3 Å². The van der Waals surface area contributed by atoms with Crippen LogP contribution in [-0.4, -0.2) is 4.98 Å². The molecule has 2 aromatic heterocycles. The molecule has 5 aromatic rings. The Kier molecular flexibility index (Phi) is 5.71. The Labute approximate surface area is 238 Å². The summed E-state index contributed by atoms with van der Waals surface area (Å²) >= 11 is 1.99. The van der Waals surface area contributed by atoms with Crippen molar-refractivity contribution in [2.45, 2.75) is 104 Å². The smallest absolute Gasteiger partial charge is 0.0880 e. The third-order valence-corrected chi connectivity index (χ3v) is 10.4. The molecule has 1 aliphatic rings. The number of fused-ring (bicyclic) bond motifs is 6. The van der Waals surface area contributed by atoms with Crippen molar-refractivity contribution in [2.75, 3.05) is 0 Å². The van der Waals surface area contributed by atoms with E-state index in [-0.39, 0.29) is 21.7 Å². The topological polar surface area (TPSA) is 12.9 Å². The standard InChI is InChI=1S/C37H43NS/c1-34(2,3)26-20-23(19-22-13-11-12-14-24(22)26)31-32-25(15-18-38-31)29-27(35(4,5)6)21-28-30(33(29)39-32)37(9,10)17-16-36(28,7)8/h11-15,18-21H,16-17H2,1-10H3. The summed E-state index contributed by atoms with van der Waals surface area (Å²) in [5.41, 5.74) is 8.73. The van der Waals surface area contributed by atoms with Crippen LogP contribution in [0.4, 0.5) is 0 Å². The van der Waals surface area contributed by atoms with E-state index in [0.717, 1.165) is 5.69 Å². The van der Waals surface area contributed by atoms with Crippen molar-refractivity contribution >= 4 is 42.3 Å². The number of nitrogens with zero attached hydrogens (tertiary/aromatic N) is 1. The van der Waals surface area contributed by atoms with Crippen molar-refractivity contribution in [3.05, 3.63) is 77.0 Å². The molecule has 39 heavy (non-hydrogen) atoms. The zero-order valence-electron chi connectivity index (χ0n) is 25.5. The molecule has 1 nitrogen and oxygen atoms in total. The minimum absolute atomic E-state index is 0.0394. The van der Waals surface area contributed by atoms with E-state index in [9.17, 15) is 0 Å². The van der Waals surface area contributed by atoms with E-state index in [1.807, 2.05) is 17.5 Å². The Morgan fingerprint density at radius 3 is 2.08 bits per heavy atom. The lowest BCUT2D eigenvalue weighted by Crippen LogP contribution is -2.34. The quantitative estimate of drug-likeness (QED) is 0.209. The predicted molar refractivity (Wildman–Crippen MR) is 173 cm³/mol. The van der Waals surface area contributed by atoms with E-state index in [4.69, 9.17) is 4.98 Å². The van der Waals surface area contributed by atoms with Gasteiger partial charge in [-0.05, 0) is 85.7 Å². The molecule has 0 fully saturated rings. The largest absolute Gasteiger partial charge is 0.255 e. The summed E-state index contributed by atoms with van der Waals surface area (Å²) in [6, 6.07) is 18.4. The third kappa shape index (κ3) is 4.13. The average molecular weight is 534 g/mol. The molecule has 2 heterocycles. The van der Waals surface area contributed by atoms with Crippen molar-refractivity contribution in [1.29, 1.82) is 0 Å². The third-order valence-electron chi connectivity index (χ3n) is 9.19. The molecular formula is C37H43NS. The van der Waals surface area contributed by atoms with Gasteiger partial charge < -0.3 is 0 Å². The normalized spacial score (nSPS) is 17.2. The minimum atomic E-state index is 0.0394. The summed E-state index contributed by atoms with van der Waals surface area (Å²) in [6.45, 7) is 23.9. The summed E-state index contributed by atoms with van der Waals surface area (Å²) in [4.78, 5) is 5.08. The summed E-state index contributed by atoms with van der Waals surface area (Å²) in [5, 5.41) is 5.44. The van der Waals surface area contributed by atoms with Crippen molar-refractivity contribution in [1.82, 2.24) is 4.98 Å². The van der Waals surface area contributed by atoms with Crippen LogP contribution in [0.2, 0.25) is 0 Å². The molecule has 0 aliphatic heterocycles. The summed E-state index contributed by atoms with van der Waals surface area (Å²) in [5.74, 6) is 0. The SMILES string of the molecule is CC(C)(C)c1cc(-c2nccc3c2sc2c4c(cc(C(C)(C)C)c23)C(C)(C)CCC4(C)C)cc2ccccc12. The number of hydrogen-bond donors (Lipinski definition) is 0. The van der Waals surface area contributed by atoms with E-state index in [1.165, 1.54) is 60.5 Å². The number of hydrogen-bond acceptors (Lipinski definition) is 2. The van der Waals surface area contributed by atoms with Crippen LogP contribution in [-0.2, 0) is 21.7 Å². The van der Waals surface area contributed by atoms with Gasteiger partial charge in [0, 0.05) is 27.2 Å². The van der Waals surface area contributed by atoms with E-state index in [1.54, 1.807) is 11.1 Å². The highest BCUT2D eigenvalue weighted by Gasteiger charge is 2.40. The average Bonchev–Trinajstić information content (AvgIpc) is 3.23. The van der Waals surface area contributed by atoms with Crippen molar-refractivity contribution < 1.29 is 0 Å². The molecule has 0 spiro atoms. The first kappa shape index (κ1) is 26.5. The predicted octanol–water partition coefficient (Wildman–Crippen LogP) is 11.2. The monoisotopic (exact) mass is 533 g/mol. The molecule has 0 saturated heterocycles. The Balaban J connectivity index is 1.76. The molecule has 0 amide bonds. The van der Waals surface area contributed by atoms with Gasteiger partial charge >= 0.3 is 0 Å². The van der Waals surface area contributed by atoms with Crippen LogP contribution in [0.3, 0.4) is 0 Å². The molecule has 0 N–H and O–H groups in total. The maximum Gasteiger partial charge on any atom is 0.0880 e. The van der Waals surface area contributed by atoms with Gasteiger partial charge in [0.05, 0.1) is 10.4 Å². The van der Waals surface area contributed by atoms with Gasteiger partial charge in [0.1, 0.15) is 0 Å². The molecule has 0 bridgehead atoms. The summed E-state index contributed by atoms with van der Waals surface area (Å²) in [6.07, 6.45) is 4.49. The van der Waals surface area contributed by atoms with Gasteiger partial charge in [0.2, 0.25) is 0 Å². The van der Waals surface area contributed by atoms with E-state index in [2.05, 4.69) is 118 Å². The van der Waals surface area contributed by atoms with Gasteiger partial charge in [0.25, 0.3) is 0 Å². The first-order valence-corrected chi connectivity index (χ1v) is 15.3. The lowest BCUT2D eigenvalue weighted by Gasteiger charge is -2.43. The van der Waals surface area contributed by atoms with Gasteiger partial charge in [-0.2, -0.15) is 0 Å². The first-order valence-electron chi connectivity index (χ1n) is 14.5. The van der Waals surface area contributed by atoms with E-state index < -0.39 is 0 Å². The maximum atomic E-state index is 5.08. The highest BCUT2D eigenvalue weighted by atomic mass is 32.1. The van der Waals surface area contributed by atoms with Gasteiger partial charge in [-0.3, -0.25) is 4.98 Å². The van der Waals surface area contributed by atoms with Crippen LogP contribution in [0.5, 0.6) is 0 Å². The fourth-order valence-corrected chi connectivity index (χ4v) is 8.40. The van der Waals surface area contributed by atoms with Crippen LogP contribution in [0.25, 0.3) is 42.2 Å². The van der Waals surface area contributed by atoms with E-state index >= 15 is 0 Å². The molecule has 0 radical (unpaired) electrons. The fraction of sp³-hybridized carbons (Fsp3) is 0.432.